The number of rotatable bonds is 5. The number of hydrogen-bond donors (Lipinski definition) is 0. The van der Waals surface area contributed by atoms with E-state index in [1.54, 1.807) is 16.2 Å². The molecular weight excluding hydrogens is 382 g/mol. The zero-order valence-electron chi connectivity index (χ0n) is 17.1. The number of carbonyl (C=O) groups is 1. The van der Waals surface area contributed by atoms with Crippen molar-refractivity contribution in [2.24, 2.45) is 0 Å². The number of amides is 1. The highest BCUT2D eigenvalue weighted by Gasteiger charge is 2.39. The van der Waals surface area contributed by atoms with Crippen molar-refractivity contribution in [3.63, 3.8) is 0 Å². The molecule has 1 aliphatic carbocycles. The molecule has 0 bridgehead atoms. The Morgan fingerprint density at radius 1 is 1.17 bits per heavy atom. The first-order valence-corrected chi connectivity index (χ1v) is 11.4. The molecule has 1 aromatic carbocycles. The molecule has 4 rings (SSSR count). The van der Waals surface area contributed by atoms with Crippen LogP contribution in [-0.4, -0.2) is 70.9 Å². The van der Waals surface area contributed by atoms with E-state index in [0.717, 1.165) is 68.9 Å². The smallest absolute Gasteiger partial charge is 0.237 e. The van der Waals surface area contributed by atoms with Crippen molar-refractivity contribution in [2.75, 3.05) is 39.8 Å². The number of aromatic nitrogens is 1. The molecule has 2 fully saturated rings. The maximum atomic E-state index is 12.9. The Morgan fingerprint density at radius 2 is 1.86 bits per heavy atom. The summed E-state index contributed by atoms with van der Waals surface area (Å²) in [6, 6.07) is 10.7. The number of benzene rings is 1. The van der Waals surface area contributed by atoms with Crippen LogP contribution < -0.4 is 0 Å². The number of nitrogens with zero attached hydrogens (tertiary/aromatic N) is 5. The number of para-hydroxylation sites is 1. The summed E-state index contributed by atoms with van der Waals surface area (Å²) in [6.07, 6.45) is 4.86. The van der Waals surface area contributed by atoms with Crippen molar-refractivity contribution in [1.29, 1.82) is 5.26 Å². The molecule has 1 aromatic heterocycles. The Hall–Kier alpha value is -2.01. The average molecular weight is 412 g/mol. The van der Waals surface area contributed by atoms with Gasteiger partial charge in [0.1, 0.15) is 10.5 Å². The van der Waals surface area contributed by atoms with Gasteiger partial charge in [0.05, 0.1) is 29.4 Å². The third kappa shape index (κ3) is 4.45. The van der Waals surface area contributed by atoms with Crippen molar-refractivity contribution in [2.45, 2.75) is 44.2 Å². The van der Waals surface area contributed by atoms with E-state index in [9.17, 15) is 10.1 Å². The number of hydrogen-bond acceptors (Lipinski definition) is 6. The van der Waals surface area contributed by atoms with E-state index in [-0.39, 0.29) is 5.91 Å². The SMILES string of the molecule is CN(C(=O)CN1CCN(Cc2nc3ccccc3s2)CC1)C1(C#N)CCCCC1. The number of likely N-dealkylation sites (N-methyl/N-ethyl adjacent to an activating group) is 1. The summed E-state index contributed by atoms with van der Waals surface area (Å²) in [5.41, 5.74) is 0.484. The molecule has 1 aliphatic heterocycles. The van der Waals surface area contributed by atoms with E-state index in [0.29, 0.717) is 6.54 Å². The fourth-order valence-corrected chi connectivity index (χ4v) is 5.49. The second kappa shape index (κ2) is 8.78. The molecule has 0 radical (unpaired) electrons. The molecule has 0 spiro atoms. The Kier molecular flexibility index (Phi) is 6.14. The summed E-state index contributed by atoms with van der Waals surface area (Å²) >= 11 is 1.77. The Bertz CT molecular complexity index is 857. The summed E-state index contributed by atoms with van der Waals surface area (Å²) in [4.78, 5) is 24.0. The number of piperazine rings is 1. The molecule has 2 aromatic rings. The minimum atomic E-state index is -0.593. The fraction of sp³-hybridized carbons (Fsp3) is 0.591. The molecule has 154 valence electrons. The predicted molar refractivity (Wildman–Crippen MR) is 116 cm³/mol. The Labute approximate surface area is 176 Å². The van der Waals surface area contributed by atoms with E-state index in [1.165, 1.54) is 11.1 Å². The van der Waals surface area contributed by atoms with Crippen LogP contribution in [0, 0.1) is 11.3 Å². The standard InChI is InChI=1S/C22H29N5OS/c1-25(22(17-23)9-5-2-6-10-22)21(28)16-27-13-11-26(12-14-27)15-20-24-18-7-3-4-8-19(18)29-20/h3-4,7-8H,2,5-6,9-16H2,1H3. The molecule has 2 aliphatic rings. The van der Waals surface area contributed by atoms with E-state index < -0.39 is 5.54 Å². The quantitative estimate of drug-likeness (QED) is 0.757. The first kappa shape index (κ1) is 20.3. The van der Waals surface area contributed by atoms with Gasteiger partial charge in [0, 0.05) is 33.2 Å². The summed E-state index contributed by atoms with van der Waals surface area (Å²) in [5, 5.41) is 10.9. The molecule has 1 saturated heterocycles. The minimum absolute atomic E-state index is 0.0769. The van der Waals surface area contributed by atoms with Crippen LogP contribution in [0.15, 0.2) is 24.3 Å². The maximum Gasteiger partial charge on any atom is 0.237 e. The van der Waals surface area contributed by atoms with Gasteiger partial charge in [-0.2, -0.15) is 5.26 Å². The molecule has 0 atom stereocenters. The lowest BCUT2D eigenvalue weighted by Crippen LogP contribution is -2.54. The fourth-order valence-electron chi connectivity index (χ4n) is 4.48. The first-order chi connectivity index (χ1) is 14.1. The van der Waals surface area contributed by atoms with Crippen LogP contribution in [0.1, 0.15) is 37.1 Å². The topological polar surface area (TPSA) is 63.5 Å². The van der Waals surface area contributed by atoms with Gasteiger partial charge in [0.15, 0.2) is 0 Å². The highest BCUT2D eigenvalue weighted by molar-refractivity contribution is 7.18. The second-order valence-corrected chi connectivity index (χ2v) is 9.40. The average Bonchev–Trinajstić information content (AvgIpc) is 3.17. The molecular formula is C22H29N5OS. The number of fused-ring (bicyclic) bond motifs is 1. The van der Waals surface area contributed by atoms with Gasteiger partial charge in [-0.15, -0.1) is 11.3 Å². The molecule has 0 unspecified atom stereocenters. The summed E-state index contributed by atoms with van der Waals surface area (Å²) in [7, 11) is 1.82. The van der Waals surface area contributed by atoms with Crippen LogP contribution in [-0.2, 0) is 11.3 Å². The Balaban J connectivity index is 1.28. The van der Waals surface area contributed by atoms with Gasteiger partial charge in [-0.25, -0.2) is 4.98 Å². The largest absolute Gasteiger partial charge is 0.326 e. The van der Waals surface area contributed by atoms with Crippen molar-refractivity contribution in [3.05, 3.63) is 29.3 Å². The second-order valence-electron chi connectivity index (χ2n) is 8.28. The monoisotopic (exact) mass is 411 g/mol. The van der Waals surface area contributed by atoms with Gasteiger partial charge in [-0.05, 0) is 25.0 Å². The van der Waals surface area contributed by atoms with Gasteiger partial charge < -0.3 is 4.90 Å². The molecule has 2 heterocycles. The summed E-state index contributed by atoms with van der Waals surface area (Å²) < 4.78 is 1.24. The van der Waals surface area contributed by atoms with Gasteiger partial charge in [-0.1, -0.05) is 31.4 Å². The zero-order chi connectivity index (χ0) is 20.3. The molecule has 1 amide bonds. The van der Waals surface area contributed by atoms with Crippen molar-refractivity contribution in [3.8, 4) is 6.07 Å². The molecule has 0 N–H and O–H groups in total. The minimum Gasteiger partial charge on any atom is -0.326 e. The lowest BCUT2D eigenvalue weighted by atomic mass is 9.81. The number of carbonyl (C=O) groups excluding carboxylic acids is 1. The van der Waals surface area contributed by atoms with Crippen LogP contribution >= 0.6 is 11.3 Å². The van der Waals surface area contributed by atoms with E-state index >= 15 is 0 Å². The normalized spacial score (nSPS) is 20.4. The lowest BCUT2D eigenvalue weighted by molar-refractivity contribution is -0.136. The van der Waals surface area contributed by atoms with E-state index in [1.807, 2.05) is 13.1 Å². The number of thiazole rings is 1. The van der Waals surface area contributed by atoms with Crippen LogP contribution in [0.4, 0.5) is 0 Å². The first-order valence-electron chi connectivity index (χ1n) is 10.6. The van der Waals surface area contributed by atoms with Crippen molar-refractivity contribution < 1.29 is 4.79 Å². The van der Waals surface area contributed by atoms with Crippen LogP contribution in [0.2, 0.25) is 0 Å². The molecule has 1 saturated carbocycles. The molecule has 29 heavy (non-hydrogen) atoms. The van der Waals surface area contributed by atoms with Gasteiger partial charge >= 0.3 is 0 Å². The van der Waals surface area contributed by atoms with Gasteiger partial charge in [0.2, 0.25) is 5.91 Å². The lowest BCUT2D eigenvalue weighted by Gasteiger charge is -2.40. The van der Waals surface area contributed by atoms with Crippen LogP contribution in [0.5, 0.6) is 0 Å². The van der Waals surface area contributed by atoms with E-state index in [2.05, 4.69) is 34.1 Å². The maximum absolute atomic E-state index is 12.9. The van der Waals surface area contributed by atoms with Gasteiger partial charge in [0.25, 0.3) is 0 Å². The Morgan fingerprint density at radius 3 is 2.55 bits per heavy atom. The zero-order valence-corrected chi connectivity index (χ0v) is 18.0. The van der Waals surface area contributed by atoms with Gasteiger partial charge in [-0.3, -0.25) is 14.6 Å². The number of nitriles is 1. The summed E-state index contributed by atoms with van der Waals surface area (Å²) in [5.74, 6) is 0.0769. The van der Waals surface area contributed by atoms with Crippen LogP contribution in [0.3, 0.4) is 0 Å². The van der Waals surface area contributed by atoms with Crippen molar-refractivity contribution in [1.82, 2.24) is 19.7 Å². The third-order valence-electron chi connectivity index (χ3n) is 6.43. The van der Waals surface area contributed by atoms with E-state index in [4.69, 9.17) is 4.98 Å². The van der Waals surface area contributed by atoms with Crippen molar-refractivity contribution >= 4 is 27.5 Å². The summed E-state index contributed by atoms with van der Waals surface area (Å²) in [6.45, 7) is 4.92. The highest BCUT2D eigenvalue weighted by atomic mass is 32.1. The molecule has 6 nitrogen and oxygen atoms in total. The highest BCUT2D eigenvalue weighted by Crippen LogP contribution is 2.32. The molecule has 7 heteroatoms. The predicted octanol–water partition coefficient (Wildman–Crippen LogP) is 3.10. The third-order valence-corrected chi connectivity index (χ3v) is 7.45. The van der Waals surface area contributed by atoms with Crippen LogP contribution in [0.25, 0.3) is 10.2 Å².